The smallest absolute Gasteiger partial charge is 0.238 e. The maximum absolute atomic E-state index is 16.1. The summed E-state index contributed by atoms with van der Waals surface area (Å²) in [5, 5.41) is 28.5. The minimum atomic E-state index is -1.31. The van der Waals surface area contributed by atoms with Gasteiger partial charge in [-0.25, -0.2) is 4.98 Å². The number of rotatable bonds is 8. The second-order valence-electron chi connectivity index (χ2n) is 18.1. The number of likely N-dealkylation sites (tertiary alicyclic amines) is 1. The van der Waals surface area contributed by atoms with Gasteiger partial charge in [0, 0.05) is 52.2 Å². The van der Waals surface area contributed by atoms with Crippen LogP contribution in [0.2, 0.25) is 5.02 Å². The lowest BCUT2D eigenvalue weighted by atomic mass is 9.53. The van der Waals surface area contributed by atoms with Gasteiger partial charge in [-0.2, -0.15) is 0 Å². The van der Waals surface area contributed by atoms with Gasteiger partial charge in [-0.15, -0.1) is 10.2 Å². The van der Waals surface area contributed by atoms with E-state index in [0.29, 0.717) is 29.4 Å². The molecule has 1 saturated heterocycles. The van der Waals surface area contributed by atoms with Gasteiger partial charge >= 0.3 is 0 Å². The monoisotopic (exact) mass is 823 g/mol. The average molecular weight is 824 g/mol. The van der Waals surface area contributed by atoms with Crippen molar-refractivity contribution in [3.63, 3.8) is 0 Å². The van der Waals surface area contributed by atoms with E-state index in [1.54, 1.807) is 0 Å². The van der Waals surface area contributed by atoms with E-state index in [-0.39, 0.29) is 29.2 Å². The highest BCUT2D eigenvalue weighted by Crippen LogP contribution is 2.69. The molecule has 2 spiro atoms. The van der Waals surface area contributed by atoms with Crippen LogP contribution < -0.4 is 10.6 Å². The number of aliphatic hydroxyl groups excluding tert-OH is 1. The Labute approximate surface area is 354 Å². The Bertz CT molecular complexity index is 2510. The van der Waals surface area contributed by atoms with Crippen molar-refractivity contribution in [2.45, 2.75) is 112 Å². The zero-order valence-corrected chi connectivity index (χ0v) is 34.6. The second-order valence-corrected chi connectivity index (χ2v) is 18.6. The van der Waals surface area contributed by atoms with E-state index < -0.39 is 35.1 Å². The molecule has 6 aromatic rings. The van der Waals surface area contributed by atoms with Gasteiger partial charge < -0.3 is 24.6 Å². The van der Waals surface area contributed by atoms with Gasteiger partial charge in [-0.3, -0.25) is 14.5 Å². The number of hydrogen-bond acceptors (Lipinski definition) is 8. The molecule has 1 unspecified atom stereocenters. The standard InChI is InChI=1S/C48H50ClN7O4/c1-46(2)22-24-47(25-23-46)48(35-21-18-33(49)27-36(35)53-45(48)59)39(37-28-50-38-15-9-10-26-55(37)38)41(43(58)52-34-19-16-32(17-20-34)44-54-51-29-60-44)56(47)40(30-11-5-3-6-12-30)42(57)31-13-7-4-8-14-31/h3-15,18,21,26-29,32,34,39-42,57H,16-17,19-20,22-25H2,1-2H3,(H,52,58)(H,53,59)/t32?,34?,39-,40+,41+,42-,48?/m0/s1. The summed E-state index contributed by atoms with van der Waals surface area (Å²) in [6.07, 6.45) is 9.99. The summed E-state index contributed by atoms with van der Waals surface area (Å²) >= 11 is 6.71. The van der Waals surface area contributed by atoms with E-state index in [4.69, 9.17) is 21.0 Å². The van der Waals surface area contributed by atoms with Gasteiger partial charge in [0.15, 0.2) is 0 Å². The maximum atomic E-state index is 16.1. The number of carbonyl (C=O) groups is 2. The van der Waals surface area contributed by atoms with Crippen LogP contribution >= 0.6 is 11.6 Å². The van der Waals surface area contributed by atoms with Crippen molar-refractivity contribution in [3.05, 3.63) is 149 Å². The number of anilines is 1. The molecule has 10 rings (SSSR count). The van der Waals surface area contributed by atoms with Crippen LogP contribution in [0.3, 0.4) is 0 Å². The maximum Gasteiger partial charge on any atom is 0.238 e. The lowest BCUT2D eigenvalue weighted by Crippen LogP contribution is -2.64. The number of fused-ring (bicyclic) bond motifs is 4. The van der Waals surface area contributed by atoms with Crippen LogP contribution in [0.15, 0.2) is 120 Å². The first-order valence-electron chi connectivity index (χ1n) is 21.3. The van der Waals surface area contributed by atoms with E-state index >= 15 is 9.59 Å². The predicted molar refractivity (Wildman–Crippen MR) is 228 cm³/mol. The first-order valence-corrected chi connectivity index (χ1v) is 21.7. The van der Waals surface area contributed by atoms with Crippen LogP contribution in [-0.4, -0.2) is 59.0 Å². The highest BCUT2D eigenvalue weighted by molar-refractivity contribution is 6.31. The molecule has 0 radical (unpaired) electrons. The molecule has 3 fully saturated rings. The topological polar surface area (TPSA) is 138 Å². The molecule has 2 amide bonds. The molecule has 5 atom stereocenters. The van der Waals surface area contributed by atoms with Crippen molar-refractivity contribution in [2.24, 2.45) is 5.41 Å². The molecule has 11 nitrogen and oxygen atoms in total. The Balaban J connectivity index is 1.24. The highest BCUT2D eigenvalue weighted by Gasteiger charge is 2.77. The molecule has 2 aliphatic heterocycles. The fourth-order valence-electron chi connectivity index (χ4n) is 11.6. The van der Waals surface area contributed by atoms with Gasteiger partial charge in [0.25, 0.3) is 0 Å². The third kappa shape index (κ3) is 6.10. The SMILES string of the molecule is CC1(C)CCC2(CC1)N([C@H](c1ccccc1)[C@@H](O)c1ccccc1)[C@@H](C(=O)NC1CCC(c3nnco3)CC1)[C@H](c1cnc3ccccn13)C21C(=O)Nc2cc(Cl)ccc21. The van der Waals surface area contributed by atoms with Crippen molar-refractivity contribution >= 4 is 34.7 Å². The van der Waals surface area contributed by atoms with E-state index in [2.05, 4.69) is 39.6 Å². The summed E-state index contributed by atoms with van der Waals surface area (Å²) in [4.78, 5) is 39.2. The molecule has 308 valence electrons. The largest absolute Gasteiger partial charge is 0.428 e. The zero-order valence-electron chi connectivity index (χ0n) is 33.9. The van der Waals surface area contributed by atoms with Crippen LogP contribution in [-0.2, 0) is 15.0 Å². The molecule has 5 heterocycles. The number of nitrogens with one attached hydrogen (secondary N) is 2. The Hall–Kier alpha value is -5.36. The van der Waals surface area contributed by atoms with Gasteiger partial charge in [-0.05, 0) is 97.7 Å². The summed E-state index contributed by atoms with van der Waals surface area (Å²) < 4.78 is 7.63. The molecule has 2 aliphatic carbocycles. The number of pyridine rings is 1. The number of carbonyl (C=O) groups excluding carboxylic acids is 2. The molecular formula is C48H50ClN7O4. The number of imidazole rings is 1. The molecule has 0 bridgehead atoms. The molecule has 3 N–H and O–H groups in total. The fourth-order valence-corrected chi connectivity index (χ4v) is 11.8. The van der Waals surface area contributed by atoms with Crippen molar-refractivity contribution < 1.29 is 19.1 Å². The predicted octanol–water partition coefficient (Wildman–Crippen LogP) is 8.69. The number of aromatic nitrogens is 4. The first kappa shape index (κ1) is 38.8. The molecule has 12 heteroatoms. The minimum Gasteiger partial charge on any atom is -0.428 e. The normalized spacial score (nSPS) is 26.8. The Morgan fingerprint density at radius 3 is 2.32 bits per heavy atom. The number of amides is 2. The van der Waals surface area contributed by atoms with Crippen molar-refractivity contribution in [3.8, 4) is 0 Å². The number of halogens is 1. The lowest BCUT2D eigenvalue weighted by molar-refractivity contribution is -0.137. The molecule has 3 aromatic heterocycles. The third-order valence-electron chi connectivity index (χ3n) is 14.5. The van der Waals surface area contributed by atoms with Crippen LogP contribution in [0.1, 0.15) is 117 Å². The molecule has 2 saturated carbocycles. The first-order chi connectivity index (χ1) is 29.1. The number of hydrogen-bond donors (Lipinski definition) is 3. The Morgan fingerprint density at radius 2 is 1.62 bits per heavy atom. The molecular weight excluding hydrogens is 774 g/mol. The van der Waals surface area contributed by atoms with Crippen molar-refractivity contribution in [2.75, 3.05) is 5.32 Å². The van der Waals surface area contributed by atoms with E-state index in [0.717, 1.165) is 66.6 Å². The number of nitrogens with zero attached hydrogens (tertiary/aromatic N) is 5. The number of benzene rings is 3. The summed E-state index contributed by atoms with van der Waals surface area (Å²) in [5.41, 5.74) is 2.23. The Kier molecular flexibility index (Phi) is 9.69. The van der Waals surface area contributed by atoms with E-state index in [1.165, 1.54) is 6.39 Å². The third-order valence-corrected chi connectivity index (χ3v) is 14.7. The second kappa shape index (κ2) is 15.0. The molecule has 3 aromatic carbocycles. The minimum absolute atomic E-state index is 0.0214. The van der Waals surface area contributed by atoms with Gasteiger partial charge in [0.05, 0.1) is 12.1 Å². The number of aliphatic hydroxyl groups is 1. The summed E-state index contributed by atoms with van der Waals surface area (Å²) in [5.74, 6) is -0.338. The van der Waals surface area contributed by atoms with Crippen LogP contribution in [0, 0.1) is 5.41 Å². The summed E-state index contributed by atoms with van der Waals surface area (Å²) in [6, 6.07) is 29.5. The van der Waals surface area contributed by atoms with Crippen LogP contribution in [0.5, 0.6) is 0 Å². The molecule has 60 heavy (non-hydrogen) atoms. The summed E-state index contributed by atoms with van der Waals surface area (Å²) in [6.45, 7) is 4.58. The quantitative estimate of drug-likeness (QED) is 0.139. The fraction of sp³-hybridized carbons (Fsp3) is 0.396. The van der Waals surface area contributed by atoms with Crippen LogP contribution in [0.4, 0.5) is 5.69 Å². The average Bonchev–Trinajstić information content (AvgIpc) is 4.05. The van der Waals surface area contributed by atoms with Crippen molar-refractivity contribution in [1.82, 2.24) is 29.8 Å². The van der Waals surface area contributed by atoms with Gasteiger partial charge in [-0.1, -0.05) is 98.2 Å². The van der Waals surface area contributed by atoms with Crippen molar-refractivity contribution in [1.29, 1.82) is 0 Å². The summed E-state index contributed by atoms with van der Waals surface area (Å²) in [7, 11) is 0. The molecule has 4 aliphatic rings. The van der Waals surface area contributed by atoms with E-state index in [9.17, 15) is 5.11 Å². The zero-order chi connectivity index (χ0) is 41.2. The van der Waals surface area contributed by atoms with Gasteiger partial charge in [0.2, 0.25) is 24.1 Å². The highest BCUT2D eigenvalue weighted by atomic mass is 35.5. The lowest BCUT2D eigenvalue weighted by Gasteiger charge is -2.56. The Morgan fingerprint density at radius 1 is 0.917 bits per heavy atom. The van der Waals surface area contributed by atoms with Crippen LogP contribution in [0.25, 0.3) is 5.65 Å². The van der Waals surface area contributed by atoms with Gasteiger partial charge in [0.1, 0.15) is 17.1 Å². The van der Waals surface area contributed by atoms with E-state index in [1.807, 2.05) is 114 Å².